The number of nitrogens with one attached hydrogen (secondary N) is 1. The third-order valence-corrected chi connectivity index (χ3v) is 4.99. The van der Waals surface area contributed by atoms with Gasteiger partial charge in [-0.3, -0.25) is 4.79 Å². The molecular formula is C14H23N3O3S. The molecule has 0 aromatic heterocycles. The van der Waals surface area contributed by atoms with Gasteiger partial charge in [-0.05, 0) is 31.0 Å². The lowest BCUT2D eigenvalue weighted by atomic mass is 10.1. The Morgan fingerprint density at radius 2 is 2.00 bits per heavy atom. The quantitative estimate of drug-likeness (QED) is 0.828. The largest absolute Gasteiger partial charge is 0.324 e. The highest BCUT2D eigenvalue weighted by Gasteiger charge is 2.19. The molecule has 118 valence electrons. The fourth-order valence-corrected chi connectivity index (χ4v) is 2.70. The minimum atomic E-state index is -3.53. The zero-order chi connectivity index (χ0) is 16.2. The van der Waals surface area contributed by atoms with Crippen LogP contribution in [0.4, 0.5) is 5.69 Å². The molecule has 0 saturated heterocycles. The molecule has 0 spiro atoms. The molecule has 21 heavy (non-hydrogen) atoms. The Bertz CT molecular complexity index is 612. The molecule has 7 heteroatoms. The van der Waals surface area contributed by atoms with Crippen LogP contribution in [0.2, 0.25) is 0 Å². The van der Waals surface area contributed by atoms with Crippen molar-refractivity contribution in [2.75, 3.05) is 19.4 Å². The summed E-state index contributed by atoms with van der Waals surface area (Å²) in [6.45, 7) is 3.75. The summed E-state index contributed by atoms with van der Waals surface area (Å²) in [5, 5.41) is 2.70. The smallest absolute Gasteiger partial charge is 0.242 e. The van der Waals surface area contributed by atoms with E-state index in [1.807, 2.05) is 6.92 Å². The SMILES string of the molecule is CCC[C@H](N)C(=O)Nc1cc(S(=O)(=O)N(C)C)ccc1C. The molecule has 0 unspecified atom stereocenters. The molecular weight excluding hydrogens is 290 g/mol. The summed E-state index contributed by atoms with van der Waals surface area (Å²) >= 11 is 0. The number of rotatable bonds is 6. The predicted octanol–water partition coefficient (Wildman–Crippen LogP) is 1.31. The van der Waals surface area contributed by atoms with Crippen molar-refractivity contribution in [2.45, 2.75) is 37.6 Å². The second-order valence-electron chi connectivity index (χ2n) is 5.15. The van der Waals surface area contributed by atoms with Crippen LogP contribution in [-0.2, 0) is 14.8 Å². The number of amides is 1. The Kier molecular flexibility index (Phi) is 5.88. The second-order valence-corrected chi connectivity index (χ2v) is 7.30. The Morgan fingerprint density at radius 1 is 1.38 bits per heavy atom. The van der Waals surface area contributed by atoms with Gasteiger partial charge < -0.3 is 11.1 Å². The van der Waals surface area contributed by atoms with Gasteiger partial charge in [0.1, 0.15) is 0 Å². The number of aryl methyl sites for hydroxylation is 1. The number of nitrogens with two attached hydrogens (primary N) is 1. The van der Waals surface area contributed by atoms with Crippen LogP contribution in [0.5, 0.6) is 0 Å². The summed E-state index contributed by atoms with van der Waals surface area (Å²) in [4.78, 5) is 12.1. The fraction of sp³-hybridized carbons (Fsp3) is 0.500. The van der Waals surface area contributed by atoms with Crippen LogP contribution in [0.25, 0.3) is 0 Å². The van der Waals surface area contributed by atoms with Crippen molar-refractivity contribution in [3.63, 3.8) is 0 Å². The first-order chi connectivity index (χ1) is 9.70. The fourth-order valence-electron chi connectivity index (χ4n) is 1.77. The lowest BCUT2D eigenvalue weighted by Gasteiger charge is -2.16. The van der Waals surface area contributed by atoms with E-state index in [0.29, 0.717) is 12.1 Å². The average molecular weight is 313 g/mol. The molecule has 0 aliphatic heterocycles. The van der Waals surface area contributed by atoms with Crippen molar-refractivity contribution in [2.24, 2.45) is 5.73 Å². The van der Waals surface area contributed by atoms with E-state index in [-0.39, 0.29) is 10.8 Å². The number of hydrogen-bond acceptors (Lipinski definition) is 4. The molecule has 0 fully saturated rings. The molecule has 0 aliphatic carbocycles. The van der Waals surface area contributed by atoms with Crippen LogP contribution >= 0.6 is 0 Å². The molecule has 1 rings (SSSR count). The molecule has 1 amide bonds. The maximum Gasteiger partial charge on any atom is 0.242 e. The summed E-state index contributed by atoms with van der Waals surface area (Å²) in [5.41, 5.74) is 7.01. The van der Waals surface area contributed by atoms with Crippen LogP contribution < -0.4 is 11.1 Å². The number of carbonyl (C=O) groups is 1. The van der Waals surface area contributed by atoms with Gasteiger partial charge in [0, 0.05) is 19.8 Å². The molecule has 3 N–H and O–H groups in total. The molecule has 0 radical (unpaired) electrons. The van der Waals surface area contributed by atoms with E-state index < -0.39 is 16.1 Å². The van der Waals surface area contributed by atoms with Gasteiger partial charge in [-0.25, -0.2) is 12.7 Å². The molecule has 0 bridgehead atoms. The van der Waals surface area contributed by atoms with Crippen LogP contribution in [0.1, 0.15) is 25.3 Å². The first-order valence-electron chi connectivity index (χ1n) is 6.79. The van der Waals surface area contributed by atoms with Crippen LogP contribution in [0, 0.1) is 6.92 Å². The van der Waals surface area contributed by atoms with E-state index in [1.54, 1.807) is 13.0 Å². The number of nitrogens with zero attached hydrogens (tertiary/aromatic N) is 1. The molecule has 1 atom stereocenters. The summed E-state index contributed by atoms with van der Waals surface area (Å²) < 4.78 is 25.3. The second kappa shape index (κ2) is 7.02. The lowest BCUT2D eigenvalue weighted by Crippen LogP contribution is -2.35. The van der Waals surface area contributed by atoms with Crippen molar-refractivity contribution >= 4 is 21.6 Å². The van der Waals surface area contributed by atoms with Crippen molar-refractivity contribution in [1.29, 1.82) is 0 Å². The standard InChI is InChI=1S/C14H23N3O3S/c1-5-6-12(15)14(18)16-13-9-11(8-7-10(13)2)21(19,20)17(3)4/h7-9,12H,5-6,15H2,1-4H3,(H,16,18)/t12-/m0/s1. The Balaban J connectivity index is 3.07. The maximum atomic E-state index is 12.1. The van der Waals surface area contributed by atoms with E-state index in [2.05, 4.69) is 5.32 Å². The number of sulfonamides is 1. The normalized spacial score (nSPS) is 13.2. The highest BCUT2D eigenvalue weighted by Crippen LogP contribution is 2.22. The van der Waals surface area contributed by atoms with Crippen LogP contribution in [0.15, 0.2) is 23.1 Å². The number of hydrogen-bond donors (Lipinski definition) is 2. The Hall–Kier alpha value is -1.44. The molecule has 0 heterocycles. The highest BCUT2D eigenvalue weighted by molar-refractivity contribution is 7.89. The number of carbonyl (C=O) groups excluding carboxylic acids is 1. The summed E-state index contributed by atoms with van der Waals surface area (Å²) in [6.07, 6.45) is 1.39. The number of benzene rings is 1. The average Bonchev–Trinajstić information content (AvgIpc) is 2.40. The van der Waals surface area contributed by atoms with Gasteiger partial charge in [0.2, 0.25) is 15.9 Å². The van der Waals surface area contributed by atoms with E-state index in [9.17, 15) is 13.2 Å². The van der Waals surface area contributed by atoms with Crippen molar-refractivity contribution in [3.05, 3.63) is 23.8 Å². The van der Waals surface area contributed by atoms with E-state index in [1.165, 1.54) is 26.2 Å². The highest BCUT2D eigenvalue weighted by atomic mass is 32.2. The van der Waals surface area contributed by atoms with E-state index in [0.717, 1.165) is 16.3 Å². The van der Waals surface area contributed by atoms with Crippen molar-refractivity contribution < 1.29 is 13.2 Å². The molecule has 1 aromatic rings. The van der Waals surface area contributed by atoms with Gasteiger partial charge in [-0.15, -0.1) is 0 Å². The topological polar surface area (TPSA) is 92.5 Å². The molecule has 0 aliphatic rings. The summed E-state index contributed by atoms with van der Waals surface area (Å²) in [5.74, 6) is -0.306. The van der Waals surface area contributed by atoms with Gasteiger partial charge in [0.15, 0.2) is 0 Å². The minimum absolute atomic E-state index is 0.137. The van der Waals surface area contributed by atoms with Crippen LogP contribution in [-0.4, -0.2) is 38.8 Å². The van der Waals surface area contributed by atoms with E-state index >= 15 is 0 Å². The first-order valence-corrected chi connectivity index (χ1v) is 8.23. The monoisotopic (exact) mass is 313 g/mol. The third kappa shape index (κ3) is 4.26. The third-order valence-electron chi connectivity index (χ3n) is 3.18. The van der Waals surface area contributed by atoms with E-state index in [4.69, 9.17) is 5.73 Å². The van der Waals surface area contributed by atoms with Gasteiger partial charge >= 0.3 is 0 Å². The van der Waals surface area contributed by atoms with Crippen LogP contribution in [0.3, 0.4) is 0 Å². The minimum Gasteiger partial charge on any atom is -0.324 e. The summed E-state index contributed by atoms with van der Waals surface area (Å²) in [6, 6.07) is 4.05. The maximum absolute atomic E-state index is 12.1. The predicted molar refractivity (Wildman–Crippen MR) is 83.6 cm³/mol. The molecule has 1 aromatic carbocycles. The first kappa shape index (κ1) is 17.6. The Morgan fingerprint density at radius 3 is 2.52 bits per heavy atom. The van der Waals surface area contributed by atoms with Gasteiger partial charge in [0.25, 0.3) is 0 Å². The van der Waals surface area contributed by atoms with Gasteiger partial charge in [-0.2, -0.15) is 0 Å². The lowest BCUT2D eigenvalue weighted by molar-refractivity contribution is -0.117. The zero-order valence-corrected chi connectivity index (χ0v) is 13.7. The summed E-state index contributed by atoms with van der Waals surface area (Å²) in [7, 11) is -0.606. The van der Waals surface area contributed by atoms with Gasteiger partial charge in [-0.1, -0.05) is 19.4 Å². The molecule has 0 saturated carbocycles. The number of anilines is 1. The zero-order valence-electron chi connectivity index (χ0n) is 12.9. The van der Waals surface area contributed by atoms with Crippen molar-refractivity contribution in [3.8, 4) is 0 Å². The van der Waals surface area contributed by atoms with Crippen molar-refractivity contribution in [1.82, 2.24) is 4.31 Å². The van der Waals surface area contributed by atoms with Gasteiger partial charge in [0.05, 0.1) is 10.9 Å². The Labute approximate surface area is 126 Å². The molecule has 6 nitrogen and oxygen atoms in total.